The first kappa shape index (κ1) is 26.7. The molecule has 4 rings (SSSR count). The highest BCUT2D eigenvalue weighted by Gasteiger charge is 2.56. The quantitative estimate of drug-likeness (QED) is 0.531. The van der Waals surface area contributed by atoms with Crippen molar-refractivity contribution in [1.29, 1.82) is 5.26 Å². The third kappa shape index (κ3) is 5.20. The van der Waals surface area contributed by atoms with Gasteiger partial charge >= 0.3 is 11.8 Å². The minimum Gasteiger partial charge on any atom is -0.336 e. The van der Waals surface area contributed by atoms with E-state index in [1.54, 1.807) is 24.3 Å². The van der Waals surface area contributed by atoms with Crippen molar-refractivity contribution < 1.29 is 28.0 Å². The predicted molar refractivity (Wildman–Crippen MR) is 133 cm³/mol. The van der Waals surface area contributed by atoms with Crippen LogP contribution in [-0.2, 0) is 24.6 Å². The molecular weight excluding hydrogens is 496 g/mol. The molecule has 0 aromatic heterocycles. The monoisotopic (exact) mass is 523 g/mol. The molecule has 1 fully saturated rings. The van der Waals surface area contributed by atoms with E-state index >= 15 is 0 Å². The van der Waals surface area contributed by atoms with Crippen molar-refractivity contribution in [2.45, 2.75) is 51.1 Å². The molecule has 11 heteroatoms. The molecule has 3 N–H and O–H groups in total. The lowest BCUT2D eigenvalue weighted by molar-refractivity contribution is -0.141. The van der Waals surface area contributed by atoms with Crippen LogP contribution >= 0.6 is 0 Å². The van der Waals surface area contributed by atoms with Crippen LogP contribution < -0.4 is 16.0 Å². The van der Waals surface area contributed by atoms with Gasteiger partial charge < -0.3 is 20.9 Å². The molecule has 198 valence electrons. The molecule has 9 nitrogen and oxygen atoms in total. The van der Waals surface area contributed by atoms with Gasteiger partial charge in [0.15, 0.2) is 0 Å². The summed E-state index contributed by atoms with van der Waals surface area (Å²) < 4.78 is 26.9. The van der Waals surface area contributed by atoms with Gasteiger partial charge in [0.05, 0.1) is 11.5 Å². The van der Waals surface area contributed by atoms with E-state index in [0.29, 0.717) is 17.3 Å². The zero-order chi connectivity index (χ0) is 27.8. The Morgan fingerprint density at radius 3 is 2.45 bits per heavy atom. The van der Waals surface area contributed by atoms with E-state index in [-0.39, 0.29) is 31.0 Å². The van der Waals surface area contributed by atoms with Crippen molar-refractivity contribution in [1.82, 2.24) is 10.2 Å². The van der Waals surface area contributed by atoms with Gasteiger partial charge in [0.2, 0.25) is 11.8 Å². The third-order valence-electron chi connectivity index (χ3n) is 6.66. The largest absolute Gasteiger partial charge is 0.336 e. The van der Waals surface area contributed by atoms with Crippen molar-refractivity contribution in [2.24, 2.45) is 5.41 Å². The highest BCUT2D eigenvalue weighted by Crippen LogP contribution is 2.46. The molecule has 0 radical (unpaired) electrons. The minimum atomic E-state index is -1.22. The van der Waals surface area contributed by atoms with E-state index in [1.807, 2.05) is 20.8 Å². The zero-order valence-electron chi connectivity index (χ0n) is 21.1. The number of anilines is 2. The van der Waals surface area contributed by atoms with Crippen LogP contribution in [0.1, 0.15) is 39.2 Å². The number of carbonyl (C=O) groups excluding carboxylic acids is 4. The highest BCUT2D eigenvalue weighted by atomic mass is 19.1. The van der Waals surface area contributed by atoms with E-state index in [1.165, 1.54) is 4.90 Å². The van der Waals surface area contributed by atoms with Crippen LogP contribution in [0, 0.1) is 28.4 Å². The Morgan fingerprint density at radius 2 is 1.82 bits per heavy atom. The van der Waals surface area contributed by atoms with Gasteiger partial charge in [-0.2, -0.15) is 5.26 Å². The number of hydrogen-bond acceptors (Lipinski definition) is 5. The first-order chi connectivity index (χ1) is 17.8. The fourth-order valence-electron chi connectivity index (χ4n) is 5.04. The van der Waals surface area contributed by atoms with Gasteiger partial charge in [-0.25, -0.2) is 8.78 Å². The van der Waals surface area contributed by atoms with Crippen LogP contribution in [0.25, 0.3) is 0 Å². The van der Waals surface area contributed by atoms with Gasteiger partial charge in [-0.1, -0.05) is 39.0 Å². The number of nitriles is 1. The molecule has 0 bridgehead atoms. The average molecular weight is 524 g/mol. The molecule has 0 saturated carbocycles. The maximum absolute atomic E-state index is 13.8. The molecule has 38 heavy (non-hydrogen) atoms. The molecule has 1 unspecified atom stereocenters. The Labute approximate surface area is 218 Å². The maximum atomic E-state index is 13.8. The second-order valence-electron chi connectivity index (χ2n) is 10.8. The van der Waals surface area contributed by atoms with Crippen LogP contribution in [0.4, 0.5) is 20.2 Å². The molecule has 4 amide bonds. The smallest absolute Gasteiger partial charge is 0.313 e. The molecule has 2 heterocycles. The maximum Gasteiger partial charge on any atom is 0.313 e. The lowest BCUT2D eigenvalue weighted by Gasteiger charge is -2.31. The predicted octanol–water partition coefficient (Wildman–Crippen LogP) is 2.84. The lowest BCUT2D eigenvalue weighted by atomic mass is 9.80. The third-order valence-corrected chi connectivity index (χ3v) is 6.66. The average Bonchev–Trinajstić information content (AvgIpc) is 3.35. The number of nitrogens with one attached hydrogen (secondary N) is 3. The number of carbonyl (C=O) groups is 4. The van der Waals surface area contributed by atoms with E-state index in [9.17, 15) is 33.2 Å². The normalized spacial score (nSPS) is 20.9. The van der Waals surface area contributed by atoms with Crippen LogP contribution in [0.5, 0.6) is 0 Å². The van der Waals surface area contributed by atoms with E-state index in [2.05, 4.69) is 22.0 Å². The second kappa shape index (κ2) is 9.85. The molecule has 1 saturated heterocycles. The van der Waals surface area contributed by atoms with Crippen LogP contribution in [0.15, 0.2) is 42.5 Å². The first-order valence-corrected chi connectivity index (χ1v) is 12.0. The molecule has 1 spiro atoms. The topological polar surface area (TPSA) is 131 Å². The van der Waals surface area contributed by atoms with Gasteiger partial charge in [-0.15, -0.1) is 0 Å². The number of amides is 4. The Hall–Kier alpha value is -4.33. The molecule has 2 aromatic rings. The summed E-state index contributed by atoms with van der Waals surface area (Å²) in [6, 6.07) is 9.34. The summed E-state index contributed by atoms with van der Waals surface area (Å²) in [5.41, 5.74) is -0.542. The number of hydrogen-bond donors (Lipinski definition) is 3. The molecular formula is C27H27F2N5O4. The van der Waals surface area contributed by atoms with Gasteiger partial charge in [0, 0.05) is 30.4 Å². The van der Waals surface area contributed by atoms with Gasteiger partial charge in [0.25, 0.3) is 0 Å². The number of para-hydroxylation sites is 1. The van der Waals surface area contributed by atoms with Crippen molar-refractivity contribution in [3.05, 3.63) is 59.7 Å². The Balaban J connectivity index is 1.57. The molecule has 2 aliphatic rings. The number of benzene rings is 2. The summed E-state index contributed by atoms with van der Waals surface area (Å²) in [5, 5.41) is 17.2. The summed E-state index contributed by atoms with van der Waals surface area (Å²) in [6.07, 6.45) is 0.198. The van der Waals surface area contributed by atoms with E-state index in [0.717, 1.165) is 12.1 Å². The molecule has 0 aliphatic carbocycles. The number of fused-ring (bicyclic) bond motifs is 2. The summed E-state index contributed by atoms with van der Waals surface area (Å²) in [5.74, 6) is -5.22. The van der Waals surface area contributed by atoms with E-state index in [4.69, 9.17) is 0 Å². The fraction of sp³-hybridized carbons (Fsp3) is 0.370. The van der Waals surface area contributed by atoms with Crippen LogP contribution in [0.3, 0.4) is 0 Å². The second-order valence-corrected chi connectivity index (χ2v) is 10.8. The summed E-state index contributed by atoms with van der Waals surface area (Å²) in [7, 11) is 0. The van der Waals surface area contributed by atoms with Gasteiger partial charge in [-0.05, 0) is 35.6 Å². The zero-order valence-corrected chi connectivity index (χ0v) is 21.1. The molecule has 3 atom stereocenters. The van der Waals surface area contributed by atoms with Crippen molar-refractivity contribution in [3.8, 4) is 6.07 Å². The van der Waals surface area contributed by atoms with Crippen LogP contribution in [0.2, 0.25) is 0 Å². The number of likely N-dealkylation sites (tertiary alicyclic amines) is 1. The van der Waals surface area contributed by atoms with Gasteiger partial charge in [0.1, 0.15) is 23.7 Å². The molecule has 2 aliphatic heterocycles. The first-order valence-electron chi connectivity index (χ1n) is 12.0. The summed E-state index contributed by atoms with van der Waals surface area (Å²) >= 11 is 0. The number of rotatable bonds is 4. The minimum absolute atomic E-state index is 0.0712. The van der Waals surface area contributed by atoms with E-state index < -0.39 is 52.3 Å². The van der Waals surface area contributed by atoms with Crippen molar-refractivity contribution in [3.63, 3.8) is 0 Å². The van der Waals surface area contributed by atoms with Crippen molar-refractivity contribution in [2.75, 3.05) is 17.2 Å². The van der Waals surface area contributed by atoms with Crippen molar-refractivity contribution >= 4 is 35.0 Å². The number of halogens is 2. The standard InChI is InChI=1S/C27H27F2N5O4/c1-26(2,3)12-21(32-23(36)22(35)31-17-9-15(28)8-16(29)10-17)24(37)34-14-27(11-18(34)13-30)19-6-4-5-7-20(19)33-25(27)38/h4-10,18,21H,11-12,14H2,1-3H3,(H,31,35)(H,32,36)(H,33,38)/t18?,21-,27-/m0/s1. The summed E-state index contributed by atoms with van der Waals surface area (Å²) in [6.45, 7) is 5.44. The summed E-state index contributed by atoms with van der Waals surface area (Å²) in [4.78, 5) is 53.3. The molecule has 2 aromatic carbocycles. The Morgan fingerprint density at radius 1 is 1.16 bits per heavy atom. The van der Waals surface area contributed by atoms with Crippen LogP contribution in [-0.4, -0.2) is 47.2 Å². The lowest BCUT2D eigenvalue weighted by Crippen LogP contribution is -2.53. The fourth-order valence-corrected chi connectivity index (χ4v) is 5.04. The SMILES string of the molecule is CC(C)(C)C[C@H](NC(=O)C(=O)Nc1cc(F)cc(F)c1)C(=O)N1C[C@]2(CC1C#N)C(=O)Nc1ccccc12. The van der Waals surface area contributed by atoms with Gasteiger partial charge in [-0.3, -0.25) is 19.2 Å². The Kier molecular flexibility index (Phi) is 6.93. The highest BCUT2D eigenvalue weighted by molar-refractivity contribution is 6.40. The number of nitrogens with zero attached hydrogens (tertiary/aromatic N) is 2. The Bertz CT molecular complexity index is 1350.